The molecule has 3 rings (SSSR count). The Labute approximate surface area is 178 Å². The zero-order valence-corrected chi connectivity index (χ0v) is 17.2. The lowest BCUT2D eigenvalue weighted by Gasteiger charge is -2.06. The van der Waals surface area contributed by atoms with Gasteiger partial charge < -0.3 is 10.1 Å². The molecule has 2 amide bonds. The highest BCUT2D eigenvalue weighted by molar-refractivity contribution is 6.32. The van der Waals surface area contributed by atoms with Crippen molar-refractivity contribution in [2.24, 2.45) is 5.10 Å². The molecule has 3 aromatic rings. The molecule has 9 heteroatoms. The second-order valence-electron chi connectivity index (χ2n) is 6.25. The SMILES string of the molecule is COc1cccc(C(=O)NCC(=O)N/N=C/c2c(C)nn(-c3ccccc3)c2Cl)c1. The smallest absolute Gasteiger partial charge is 0.259 e. The third kappa shape index (κ3) is 5.03. The predicted molar refractivity (Wildman–Crippen MR) is 114 cm³/mol. The predicted octanol–water partition coefficient (Wildman–Crippen LogP) is 2.72. The molecule has 0 fully saturated rings. The monoisotopic (exact) mass is 425 g/mol. The van der Waals surface area contributed by atoms with Crippen LogP contribution in [0.4, 0.5) is 0 Å². The zero-order chi connectivity index (χ0) is 21.5. The number of amides is 2. The molecule has 30 heavy (non-hydrogen) atoms. The van der Waals surface area contributed by atoms with Crippen LogP contribution in [-0.2, 0) is 4.79 Å². The van der Waals surface area contributed by atoms with Crippen LogP contribution in [0, 0.1) is 6.92 Å². The van der Waals surface area contributed by atoms with Crippen LogP contribution in [-0.4, -0.2) is 41.5 Å². The Balaban J connectivity index is 1.57. The molecule has 8 nitrogen and oxygen atoms in total. The van der Waals surface area contributed by atoms with Gasteiger partial charge in [0.15, 0.2) is 0 Å². The Kier molecular flexibility index (Phi) is 6.82. The van der Waals surface area contributed by atoms with Gasteiger partial charge in [0, 0.05) is 5.56 Å². The van der Waals surface area contributed by atoms with Crippen molar-refractivity contribution >= 4 is 29.6 Å². The number of ether oxygens (including phenoxy) is 1. The van der Waals surface area contributed by atoms with Crippen molar-refractivity contribution in [3.63, 3.8) is 0 Å². The van der Waals surface area contributed by atoms with Gasteiger partial charge >= 0.3 is 0 Å². The molecular formula is C21H20ClN5O3. The van der Waals surface area contributed by atoms with Gasteiger partial charge in [0.05, 0.1) is 36.8 Å². The van der Waals surface area contributed by atoms with E-state index in [1.807, 2.05) is 30.3 Å². The second-order valence-corrected chi connectivity index (χ2v) is 6.60. The average Bonchev–Trinajstić information content (AvgIpc) is 3.06. The molecule has 0 aliphatic heterocycles. The number of nitrogens with zero attached hydrogens (tertiary/aromatic N) is 3. The quantitative estimate of drug-likeness (QED) is 0.449. The van der Waals surface area contributed by atoms with Crippen LogP contribution in [0.1, 0.15) is 21.6 Å². The number of carbonyl (C=O) groups is 2. The van der Waals surface area contributed by atoms with E-state index in [1.54, 1.807) is 35.9 Å². The summed E-state index contributed by atoms with van der Waals surface area (Å²) in [5.74, 6) is -0.317. The fourth-order valence-corrected chi connectivity index (χ4v) is 2.95. The van der Waals surface area contributed by atoms with E-state index < -0.39 is 11.8 Å². The third-order valence-electron chi connectivity index (χ3n) is 4.17. The van der Waals surface area contributed by atoms with Gasteiger partial charge in [-0.25, -0.2) is 10.1 Å². The number of benzene rings is 2. The van der Waals surface area contributed by atoms with E-state index in [0.29, 0.717) is 27.7 Å². The van der Waals surface area contributed by atoms with E-state index in [0.717, 1.165) is 5.69 Å². The van der Waals surface area contributed by atoms with Gasteiger partial charge in [-0.1, -0.05) is 35.9 Å². The molecule has 0 unspecified atom stereocenters. The van der Waals surface area contributed by atoms with Gasteiger partial charge in [0.1, 0.15) is 10.9 Å². The van der Waals surface area contributed by atoms with Crippen molar-refractivity contribution in [1.29, 1.82) is 0 Å². The maximum atomic E-state index is 12.1. The lowest BCUT2D eigenvalue weighted by molar-refractivity contribution is -0.120. The summed E-state index contributed by atoms with van der Waals surface area (Å²) in [5, 5.41) is 11.2. The van der Waals surface area contributed by atoms with E-state index in [9.17, 15) is 9.59 Å². The van der Waals surface area contributed by atoms with Crippen LogP contribution in [0.2, 0.25) is 5.15 Å². The Hall–Kier alpha value is -3.65. The van der Waals surface area contributed by atoms with Crippen molar-refractivity contribution in [2.45, 2.75) is 6.92 Å². The third-order valence-corrected chi connectivity index (χ3v) is 4.54. The van der Waals surface area contributed by atoms with Crippen molar-refractivity contribution in [3.05, 3.63) is 76.6 Å². The Morgan fingerprint density at radius 1 is 1.20 bits per heavy atom. The van der Waals surface area contributed by atoms with Gasteiger partial charge in [-0.2, -0.15) is 10.2 Å². The first-order valence-corrected chi connectivity index (χ1v) is 9.42. The lowest BCUT2D eigenvalue weighted by Crippen LogP contribution is -2.34. The molecule has 0 saturated carbocycles. The van der Waals surface area contributed by atoms with Gasteiger partial charge in [-0.15, -0.1) is 0 Å². The Bertz CT molecular complexity index is 1080. The van der Waals surface area contributed by atoms with Crippen LogP contribution in [0.15, 0.2) is 59.7 Å². The minimum absolute atomic E-state index is 0.233. The van der Waals surface area contributed by atoms with E-state index in [4.69, 9.17) is 16.3 Å². The average molecular weight is 426 g/mol. The molecule has 0 spiro atoms. The van der Waals surface area contributed by atoms with Crippen LogP contribution in [0.25, 0.3) is 5.69 Å². The Morgan fingerprint density at radius 2 is 1.97 bits per heavy atom. The summed E-state index contributed by atoms with van der Waals surface area (Å²) in [6.07, 6.45) is 1.42. The van der Waals surface area contributed by atoms with E-state index in [2.05, 4.69) is 20.9 Å². The summed E-state index contributed by atoms with van der Waals surface area (Å²) < 4.78 is 6.67. The first kappa shape index (κ1) is 21.1. The number of hydrogen-bond acceptors (Lipinski definition) is 5. The van der Waals surface area contributed by atoms with Crippen molar-refractivity contribution in [1.82, 2.24) is 20.5 Å². The number of hydrazone groups is 1. The number of para-hydroxylation sites is 1. The van der Waals surface area contributed by atoms with Gasteiger partial charge in [-0.05, 0) is 37.3 Å². The molecule has 0 aliphatic carbocycles. The molecule has 0 saturated heterocycles. The molecule has 154 valence electrons. The number of nitrogens with one attached hydrogen (secondary N) is 2. The standard InChI is InChI=1S/C21H20ClN5O3/c1-14-18(20(22)27(26-14)16-8-4-3-5-9-16)12-24-25-19(28)13-23-21(29)15-7-6-10-17(11-15)30-2/h3-12H,13H2,1-2H3,(H,23,29)(H,25,28)/b24-12+. The molecule has 0 aliphatic rings. The summed E-state index contributed by atoms with van der Waals surface area (Å²) in [5.41, 5.74) is 4.81. The highest BCUT2D eigenvalue weighted by atomic mass is 35.5. The van der Waals surface area contributed by atoms with Crippen molar-refractivity contribution < 1.29 is 14.3 Å². The first-order valence-electron chi connectivity index (χ1n) is 9.04. The fraction of sp³-hybridized carbons (Fsp3) is 0.143. The molecule has 2 aromatic carbocycles. The maximum absolute atomic E-state index is 12.1. The molecule has 0 radical (unpaired) electrons. The number of halogens is 1. The second kappa shape index (κ2) is 9.71. The van der Waals surface area contributed by atoms with Gasteiger partial charge in [0.25, 0.3) is 11.8 Å². The molecule has 0 bridgehead atoms. The van der Waals surface area contributed by atoms with Crippen molar-refractivity contribution in [3.8, 4) is 11.4 Å². The fourth-order valence-electron chi connectivity index (χ4n) is 2.63. The van der Waals surface area contributed by atoms with Gasteiger partial charge in [0.2, 0.25) is 0 Å². The summed E-state index contributed by atoms with van der Waals surface area (Å²) in [4.78, 5) is 24.1. The highest BCUT2D eigenvalue weighted by Gasteiger charge is 2.13. The highest BCUT2D eigenvalue weighted by Crippen LogP contribution is 2.21. The van der Waals surface area contributed by atoms with E-state index >= 15 is 0 Å². The largest absolute Gasteiger partial charge is 0.497 e. The zero-order valence-electron chi connectivity index (χ0n) is 16.4. The molecule has 1 aromatic heterocycles. The molecule has 1 heterocycles. The Morgan fingerprint density at radius 3 is 2.70 bits per heavy atom. The number of aryl methyl sites for hydroxylation is 1. The summed E-state index contributed by atoms with van der Waals surface area (Å²) in [6.45, 7) is 1.56. The van der Waals surface area contributed by atoms with E-state index in [-0.39, 0.29) is 6.54 Å². The van der Waals surface area contributed by atoms with Crippen LogP contribution in [0.5, 0.6) is 5.75 Å². The number of rotatable bonds is 7. The number of aromatic nitrogens is 2. The van der Waals surface area contributed by atoms with E-state index in [1.165, 1.54) is 13.3 Å². The number of methoxy groups -OCH3 is 1. The normalized spacial score (nSPS) is 10.8. The van der Waals surface area contributed by atoms with Gasteiger partial charge in [-0.3, -0.25) is 9.59 Å². The molecular weight excluding hydrogens is 406 g/mol. The molecule has 0 atom stereocenters. The summed E-state index contributed by atoms with van der Waals surface area (Å²) in [6, 6.07) is 16.1. The topological polar surface area (TPSA) is 97.6 Å². The van der Waals surface area contributed by atoms with Crippen LogP contribution < -0.4 is 15.5 Å². The van der Waals surface area contributed by atoms with Crippen LogP contribution in [0.3, 0.4) is 0 Å². The number of carbonyl (C=O) groups excluding carboxylic acids is 2. The van der Waals surface area contributed by atoms with Crippen LogP contribution >= 0.6 is 11.6 Å². The number of hydrogen-bond donors (Lipinski definition) is 2. The maximum Gasteiger partial charge on any atom is 0.259 e. The summed E-state index contributed by atoms with van der Waals surface area (Å²) >= 11 is 6.40. The first-order chi connectivity index (χ1) is 14.5. The van der Waals surface area contributed by atoms with Crippen molar-refractivity contribution in [2.75, 3.05) is 13.7 Å². The minimum Gasteiger partial charge on any atom is -0.497 e. The summed E-state index contributed by atoms with van der Waals surface area (Å²) in [7, 11) is 1.51. The molecule has 2 N–H and O–H groups in total. The minimum atomic E-state index is -0.480. The lowest BCUT2D eigenvalue weighted by atomic mass is 10.2.